The summed E-state index contributed by atoms with van der Waals surface area (Å²) in [4.78, 5) is 13.8. The topological polar surface area (TPSA) is 25.2 Å². The Labute approximate surface area is 140 Å². The average molecular weight is 332 g/mol. The molecule has 0 spiro atoms. The van der Waals surface area contributed by atoms with Crippen molar-refractivity contribution in [3.8, 4) is 0 Å². The highest BCUT2D eigenvalue weighted by Gasteiger charge is 2.24. The second kappa shape index (κ2) is 6.85. The Hall–Kier alpha value is -2.01. The molecule has 24 heavy (non-hydrogen) atoms. The molecule has 2 heterocycles. The van der Waals surface area contributed by atoms with Crippen LogP contribution in [0, 0.1) is 17.6 Å². The molecule has 1 aliphatic heterocycles. The quantitative estimate of drug-likeness (QED) is 0.782. The van der Waals surface area contributed by atoms with E-state index in [1.54, 1.807) is 6.92 Å². The van der Waals surface area contributed by atoms with Gasteiger partial charge in [-0.05, 0) is 56.0 Å². The molecule has 1 fully saturated rings. The highest BCUT2D eigenvalue weighted by Crippen LogP contribution is 2.24. The molecular weight excluding hydrogens is 310 g/mol. The lowest BCUT2D eigenvalue weighted by Gasteiger charge is -2.16. The van der Waals surface area contributed by atoms with Gasteiger partial charge in [0.15, 0.2) is 5.78 Å². The number of nitrogens with zero attached hydrogens (tertiary/aromatic N) is 2. The summed E-state index contributed by atoms with van der Waals surface area (Å²) in [5.74, 6) is -0.552. The van der Waals surface area contributed by atoms with Gasteiger partial charge in [0.05, 0.1) is 0 Å². The Morgan fingerprint density at radius 1 is 1.21 bits per heavy atom. The van der Waals surface area contributed by atoms with Crippen LogP contribution in [-0.2, 0) is 20.0 Å². The number of carbonyl (C=O) groups excluding carboxylic acids is 1. The van der Waals surface area contributed by atoms with Crippen molar-refractivity contribution in [3.63, 3.8) is 0 Å². The van der Waals surface area contributed by atoms with E-state index in [1.165, 1.54) is 12.1 Å². The van der Waals surface area contributed by atoms with Gasteiger partial charge in [0.1, 0.15) is 11.6 Å². The summed E-state index contributed by atoms with van der Waals surface area (Å²) in [5.41, 5.74) is 2.56. The van der Waals surface area contributed by atoms with Crippen LogP contribution in [0.5, 0.6) is 0 Å². The minimum atomic E-state index is -0.513. The van der Waals surface area contributed by atoms with E-state index >= 15 is 0 Å². The monoisotopic (exact) mass is 332 g/mol. The van der Waals surface area contributed by atoms with Crippen LogP contribution in [0.4, 0.5) is 8.78 Å². The van der Waals surface area contributed by atoms with Gasteiger partial charge in [-0.1, -0.05) is 0 Å². The van der Waals surface area contributed by atoms with E-state index in [1.807, 2.05) is 23.9 Å². The predicted octanol–water partition coefficient (Wildman–Crippen LogP) is 3.57. The molecule has 1 aromatic carbocycles. The lowest BCUT2D eigenvalue weighted by atomic mass is 9.98. The SMILES string of the molecule is CC(=O)c1cc(CN2CCC(Cc3cc(F)cc(F)c3)C2)n(C)c1. The second-order valence-corrected chi connectivity index (χ2v) is 6.76. The van der Waals surface area contributed by atoms with Crippen molar-refractivity contribution in [3.05, 3.63) is 58.9 Å². The number of aryl methyl sites for hydroxylation is 1. The van der Waals surface area contributed by atoms with E-state index in [-0.39, 0.29) is 5.78 Å². The third-order valence-electron chi connectivity index (χ3n) is 4.72. The maximum atomic E-state index is 13.3. The number of benzene rings is 1. The third kappa shape index (κ3) is 3.90. The predicted molar refractivity (Wildman–Crippen MR) is 88.9 cm³/mol. The molecule has 1 unspecified atom stereocenters. The lowest BCUT2D eigenvalue weighted by Crippen LogP contribution is -2.22. The van der Waals surface area contributed by atoms with Crippen LogP contribution in [0.25, 0.3) is 0 Å². The summed E-state index contributed by atoms with van der Waals surface area (Å²) in [6.45, 7) is 4.22. The smallest absolute Gasteiger partial charge is 0.161 e. The van der Waals surface area contributed by atoms with Gasteiger partial charge in [-0.3, -0.25) is 9.69 Å². The number of hydrogen-bond acceptors (Lipinski definition) is 2. The zero-order valence-electron chi connectivity index (χ0n) is 14.1. The van der Waals surface area contributed by atoms with Gasteiger partial charge in [0.25, 0.3) is 0 Å². The molecule has 0 aliphatic carbocycles. The zero-order valence-corrected chi connectivity index (χ0v) is 14.1. The molecule has 3 nitrogen and oxygen atoms in total. The van der Waals surface area contributed by atoms with Crippen LogP contribution >= 0.6 is 0 Å². The fourth-order valence-electron chi connectivity index (χ4n) is 3.47. The number of carbonyl (C=O) groups is 1. The summed E-state index contributed by atoms with van der Waals surface area (Å²) in [6, 6.07) is 5.69. The van der Waals surface area contributed by atoms with Gasteiger partial charge >= 0.3 is 0 Å². The first-order valence-corrected chi connectivity index (χ1v) is 8.24. The Kier molecular flexibility index (Phi) is 4.81. The Morgan fingerprint density at radius 3 is 2.54 bits per heavy atom. The third-order valence-corrected chi connectivity index (χ3v) is 4.72. The van der Waals surface area contributed by atoms with Gasteiger partial charge in [0.2, 0.25) is 0 Å². The van der Waals surface area contributed by atoms with Crippen LogP contribution in [-0.4, -0.2) is 28.3 Å². The van der Waals surface area contributed by atoms with Crippen molar-refractivity contribution >= 4 is 5.78 Å². The second-order valence-electron chi connectivity index (χ2n) is 6.76. The molecule has 0 saturated carbocycles. The fraction of sp³-hybridized carbons (Fsp3) is 0.421. The molecule has 128 valence electrons. The first-order valence-electron chi connectivity index (χ1n) is 8.24. The first kappa shape index (κ1) is 16.8. The molecule has 3 rings (SSSR count). The van der Waals surface area contributed by atoms with E-state index < -0.39 is 11.6 Å². The van der Waals surface area contributed by atoms with Gasteiger partial charge in [-0.25, -0.2) is 8.78 Å². The summed E-state index contributed by atoms with van der Waals surface area (Å²) in [5, 5.41) is 0. The van der Waals surface area contributed by atoms with E-state index in [9.17, 15) is 13.6 Å². The summed E-state index contributed by atoms with van der Waals surface area (Å²) < 4.78 is 28.6. The van der Waals surface area contributed by atoms with Crippen LogP contribution < -0.4 is 0 Å². The number of aromatic nitrogens is 1. The maximum absolute atomic E-state index is 13.3. The van der Waals surface area contributed by atoms with Crippen molar-refractivity contribution in [2.45, 2.75) is 26.3 Å². The summed E-state index contributed by atoms with van der Waals surface area (Å²) in [7, 11) is 1.95. The number of halogens is 2. The minimum absolute atomic E-state index is 0.0734. The fourth-order valence-corrected chi connectivity index (χ4v) is 3.47. The molecule has 1 saturated heterocycles. The van der Waals surface area contributed by atoms with Crippen molar-refractivity contribution in [2.24, 2.45) is 13.0 Å². The van der Waals surface area contributed by atoms with Crippen molar-refractivity contribution in [1.29, 1.82) is 0 Å². The van der Waals surface area contributed by atoms with E-state index in [0.29, 0.717) is 12.3 Å². The lowest BCUT2D eigenvalue weighted by molar-refractivity contribution is 0.101. The molecule has 0 N–H and O–H groups in total. The van der Waals surface area contributed by atoms with Crippen molar-refractivity contribution in [2.75, 3.05) is 13.1 Å². The molecule has 0 amide bonds. The molecule has 0 bridgehead atoms. The van der Waals surface area contributed by atoms with E-state index in [0.717, 1.165) is 48.9 Å². The molecule has 2 aromatic rings. The molecule has 0 radical (unpaired) electrons. The molecule has 1 aliphatic rings. The summed E-state index contributed by atoms with van der Waals surface area (Å²) >= 11 is 0. The van der Waals surface area contributed by atoms with E-state index in [2.05, 4.69) is 4.90 Å². The van der Waals surface area contributed by atoms with Gasteiger partial charge < -0.3 is 4.57 Å². The molecule has 1 aromatic heterocycles. The highest BCUT2D eigenvalue weighted by atomic mass is 19.1. The van der Waals surface area contributed by atoms with Gasteiger partial charge in [-0.15, -0.1) is 0 Å². The normalized spacial score (nSPS) is 18.2. The standard InChI is InChI=1S/C19H22F2N2O/c1-13(24)16-8-19(22(2)11-16)12-23-4-3-14(10-23)5-15-6-17(20)9-18(21)7-15/h6-9,11,14H,3-5,10,12H2,1-2H3. The van der Waals surface area contributed by atoms with Crippen molar-refractivity contribution in [1.82, 2.24) is 9.47 Å². The maximum Gasteiger partial charge on any atom is 0.161 e. The highest BCUT2D eigenvalue weighted by molar-refractivity contribution is 5.94. The van der Waals surface area contributed by atoms with Crippen LogP contribution in [0.15, 0.2) is 30.5 Å². The zero-order chi connectivity index (χ0) is 17.3. The largest absolute Gasteiger partial charge is 0.353 e. The van der Waals surface area contributed by atoms with Crippen LogP contribution in [0.2, 0.25) is 0 Å². The molecular formula is C19H22F2N2O. The summed E-state index contributed by atoms with van der Waals surface area (Å²) in [6.07, 6.45) is 3.57. The number of ketones is 1. The van der Waals surface area contributed by atoms with Crippen LogP contribution in [0.3, 0.4) is 0 Å². The Bertz CT molecular complexity index is 734. The Balaban J connectivity index is 1.60. The number of Topliss-reactive ketones (excluding diaryl/α,β-unsaturated/α-hetero) is 1. The van der Waals surface area contributed by atoms with Crippen LogP contribution in [0.1, 0.15) is 35.0 Å². The van der Waals surface area contributed by atoms with Gasteiger partial charge in [0, 0.05) is 43.7 Å². The molecule has 5 heteroatoms. The number of rotatable bonds is 5. The van der Waals surface area contributed by atoms with E-state index in [4.69, 9.17) is 0 Å². The average Bonchev–Trinajstić information content (AvgIpc) is 3.06. The molecule has 1 atom stereocenters. The minimum Gasteiger partial charge on any atom is -0.353 e. The first-order chi connectivity index (χ1) is 11.4. The van der Waals surface area contributed by atoms with Crippen molar-refractivity contribution < 1.29 is 13.6 Å². The Morgan fingerprint density at radius 2 is 1.92 bits per heavy atom. The van der Waals surface area contributed by atoms with Gasteiger partial charge in [-0.2, -0.15) is 0 Å². The number of hydrogen-bond donors (Lipinski definition) is 0. The number of likely N-dealkylation sites (tertiary alicyclic amines) is 1.